The summed E-state index contributed by atoms with van der Waals surface area (Å²) in [6.45, 7) is 3.06. The second-order valence-corrected chi connectivity index (χ2v) is 7.45. The van der Waals surface area contributed by atoms with Crippen molar-refractivity contribution in [2.45, 2.75) is 51.9 Å². The molecule has 0 aliphatic rings. The molecule has 0 fully saturated rings. The lowest BCUT2D eigenvalue weighted by atomic mass is 10.2. The Morgan fingerprint density at radius 1 is 1.14 bits per heavy atom. The number of nitrogens with zero attached hydrogens (tertiary/aromatic N) is 4. The molecule has 2 aromatic heterocycles. The van der Waals surface area contributed by atoms with Gasteiger partial charge in [0, 0.05) is 20.1 Å². The molecule has 8 heteroatoms. The van der Waals surface area contributed by atoms with Gasteiger partial charge in [-0.3, -0.25) is 13.9 Å². The van der Waals surface area contributed by atoms with E-state index in [9.17, 15) is 14.7 Å². The van der Waals surface area contributed by atoms with Crippen LogP contribution in [0.15, 0.2) is 39.9 Å². The third kappa shape index (κ3) is 4.49. The van der Waals surface area contributed by atoms with E-state index in [1.165, 1.54) is 9.13 Å². The summed E-state index contributed by atoms with van der Waals surface area (Å²) in [7, 11) is 3.48. The van der Waals surface area contributed by atoms with E-state index in [-0.39, 0.29) is 17.4 Å². The fourth-order valence-corrected chi connectivity index (χ4v) is 3.55. The van der Waals surface area contributed by atoms with Crippen LogP contribution >= 0.6 is 0 Å². The predicted molar refractivity (Wildman–Crippen MR) is 113 cm³/mol. The van der Waals surface area contributed by atoms with Crippen LogP contribution in [0.4, 0.5) is 0 Å². The molecule has 3 aromatic rings. The Kier molecular flexibility index (Phi) is 6.66. The van der Waals surface area contributed by atoms with E-state index in [0.29, 0.717) is 49.5 Å². The van der Waals surface area contributed by atoms with E-state index in [4.69, 9.17) is 0 Å². The van der Waals surface area contributed by atoms with E-state index in [1.54, 1.807) is 14.0 Å². The first-order valence-corrected chi connectivity index (χ1v) is 9.99. The Morgan fingerprint density at radius 2 is 1.86 bits per heavy atom. The molecule has 29 heavy (non-hydrogen) atoms. The van der Waals surface area contributed by atoms with E-state index >= 15 is 0 Å². The van der Waals surface area contributed by atoms with Crippen molar-refractivity contribution < 1.29 is 5.11 Å². The lowest BCUT2D eigenvalue weighted by molar-refractivity contribution is 0.180. The van der Waals surface area contributed by atoms with Crippen LogP contribution in [0, 0.1) is 0 Å². The number of imidazole rings is 1. The van der Waals surface area contributed by atoms with Crippen LogP contribution in [0.5, 0.6) is 0 Å². The molecule has 0 radical (unpaired) electrons. The molecule has 2 N–H and O–H groups in total. The van der Waals surface area contributed by atoms with Gasteiger partial charge in [-0.15, -0.1) is 0 Å². The highest BCUT2D eigenvalue weighted by Gasteiger charge is 2.20. The maximum Gasteiger partial charge on any atom is 0.332 e. The number of hydrogen-bond donors (Lipinski definition) is 2. The van der Waals surface area contributed by atoms with Gasteiger partial charge in [0.1, 0.15) is 5.82 Å². The summed E-state index contributed by atoms with van der Waals surface area (Å²) in [5.41, 5.74) is 1.23. The van der Waals surface area contributed by atoms with Gasteiger partial charge in [-0.05, 0) is 38.8 Å². The zero-order valence-electron chi connectivity index (χ0n) is 17.3. The van der Waals surface area contributed by atoms with E-state index in [1.807, 2.05) is 41.9 Å². The van der Waals surface area contributed by atoms with Crippen molar-refractivity contribution in [2.75, 3.05) is 7.05 Å². The van der Waals surface area contributed by atoms with Crippen LogP contribution in [-0.2, 0) is 26.7 Å². The van der Waals surface area contributed by atoms with Gasteiger partial charge in [0.2, 0.25) is 0 Å². The molecule has 3 rings (SSSR count). The highest BCUT2D eigenvalue weighted by atomic mass is 16.3. The summed E-state index contributed by atoms with van der Waals surface area (Å²) in [5, 5.41) is 12.5. The van der Waals surface area contributed by atoms with Gasteiger partial charge in [-0.25, -0.2) is 9.78 Å². The van der Waals surface area contributed by atoms with Gasteiger partial charge in [-0.2, -0.15) is 0 Å². The first-order chi connectivity index (χ1) is 13.9. The summed E-state index contributed by atoms with van der Waals surface area (Å²) >= 11 is 0. The van der Waals surface area contributed by atoms with Gasteiger partial charge < -0.3 is 15.0 Å². The molecule has 0 saturated heterocycles. The Balaban J connectivity index is 2.09. The van der Waals surface area contributed by atoms with Crippen molar-refractivity contribution in [1.82, 2.24) is 24.0 Å². The molecular formula is C21H29N5O3. The maximum atomic E-state index is 13.3. The molecule has 1 atom stereocenters. The van der Waals surface area contributed by atoms with Crippen molar-refractivity contribution >= 4 is 11.2 Å². The molecule has 1 aromatic carbocycles. The molecule has 0 bridgehead atoms. The van der Waals surface area contributed by atoms with Crippen LogP contribution in [0.3, 0.4) is 0 Å². The van der Waals surface area contributed by atoms with E-state index < -0.39 is 0 Å². The molecule has 2 heterocycles. The van der Waals surface area contributed by atoms with Crippen LogP contribution in [0.1, 0.15) is 37.6 Å². The Hall–Kier alpha value is -2.71. The van der Waals surface area contributed by atoms with Crippen LogP contribution in [0.25, 0.3) is 11.2 Å². The molecule has 0 aliphatic heterocycles. The van der Waals surface area contributed by atoms with Crippen molar-refractivity contribution in [1.29, 1.82) is 0 Å². The second-order valence-electron chi connectivity index (χ2n) is 7.45. The largest absolute Gasteiger partial charge is 0.393 e. The van der Waals surface area contributed by atoms with E-state index in [2.05, 4.69) is 10.3 Å². The average Bonchev–Trinajstić information content (AvgIpc) is 3.05. The third-order valence-corrected chi connectivity index (χ3v) is 5.08. The minimum Gasteiger partial charge on any atom is -0.393 e. The summed E-state index contributed by atoms with van der Waals surface area (Å²) in [6, 6.07) is 9.88. The first kappa shape index (κ1) is 21.0. The normalized spacial score (nSPS) is 12.6. The zero-order valence-corrected chi connectivity index (χ0v) is 17.3. The fourth-order valence-electron chi connectivity index (χ4n) is 3.55. The van der Waals surface area contributed by atoms with Crippen molar-refractivity contribution in [3.8, 4) is 0 Å². The quantitative estimate of drug-likeness (QED) is 0.528. The number of nitrogens with one attached hydrogen (secondary N) is 1. The highest BCUT2D eigenvalue weighted by molar-refractivity contribution is 5.71. The Labute approximate surface area is 169 Å². The van der Waals surface area contributed by atoms with Gasteiger partial charge >= 0.3 is 5.69 Å². The van der Waals surface area contributed by atoms with Gasteiger partial charge in [-0.1, -0.05) is 30.3 Å². The van der Waals surface area contributed by atoms with Crippen LogP contribution in [-0.4, -0.2) is 36.9 Å². The van der Waals surface area contributed by atoms with Gasteiger partial charge in [0.05, 0.1) is 12.6 Å². The highest BCUT2D eigenvalue weighted by Crippen LogP contribution is 2.14. The lowest BCUT2D eigenvalue weighted by Gasteiger charge is -2.11. The van der Waals surface area contributed by atoms with Crippen molar-refractivity contribution in [3.63, 3.8) is 0 Å². The van der Waals surface area contributed by atoms with Crippen LogP contribution < -0.4 is 16.6 Å². The summed E-state index contributed by atoms with van der Waals surface area (Å²) in [4.78, 5) is 30.7. The minimum absolute atomic E-state index is 0.314. The number of aromatic nitrogens is 4. The zero-order chi connectivity index (χ0) is 21.0. The Morgan fingerprint density at radius 3 is 2.52 bits per heavy atom. The standard InChI is InChI=1S/C21H29N5O3/c1-15(27)9-7-8-12-25-20(28)18-19(24(3)21(25)29)23-17(13-22-2)26(18)14-16-10-5-4-6-11-16/h4-6,10-11,15,22,27H,7-9,12-14H2,1-3H3. The number of fused-ring (bicyclic) bond motifs is 1. The minimum atomic E-state index is -0.381. The molecule has 8 nitrogen and oxygen atoms in total. The van der Waals surface area contributed by atoms with Gasteiger partial charge in [0.15, 0.2) is 11.2 Å². The second kappa shape index (κ2) is 9.19. The smallest absolute Gasteiger partial charge is 0.332 e. The van der Waals surface area contributed by atoms with Crippen LogP contribution in [0.2, 0.25) is 0 Å². The summed E-state index contributed by atoms with van der Waals surface area (Å²) in [5.74, 6) is 0.713. The average molecular weight is 399 g/mol. The summed E-state index contributed by atoms with van der Waals surface area (Å²) in [6.07, 6.45) is 1.67. The maximum absolute atomic E-state index is 13.3. The molecule has 0 saturated carbocycles. The number of aryl methyl sites for hydroxylation is 1. The topological polar surface area (TPSA) is 94.1 Å². The van der Waals surface area contributed by atoms with Crippen molar-refractivity contribution in [3.05, 3.63) is 62.6 Å². The fraction of sp³-hybridized carbons (Fsp3) is 0.476. The monoisotopic (exact) mass is 399 g/mol. The molecule has 0 aliphatic carbocycles. The Bertz CT molecular complexity index is 1080. The first-order valence-electron chi connectivity index (χ1n) is 9.99. The number of aliphatic hydroxyl groups excluding tert-OH is 1. The summed E-state index contributed by atoms with van der Waals surface area (Å²) < 4.78 is 4.64. The van der Waals surface area contributed by atoms with E-state index in [0.717, 1.165) is 12.0 Å². The lowest BCUT2D eigenvalue weighted by Crippen LogP contribution is -2.39. The number of unbranched alkanes of at least 4 members (excludes halogenated alkanes) is 1. The molecule has 0 amide bonds. The number of aliphatic hydroxyl groups is 1. The predicted octanol–water partition coefficient (Wildman–Crippen LogP) is 1.22. The number of rotatable bonds is 9. The molecule has 1 unspecified atom stereocenters. The molecule has 0 spiro atoms. The van der Waals surface area contributed by atoms with Gasteiger partial charge in [0.25, 0.3) is 5.56 Å². The number of benzene rings is 1. The third-order valence-electron chi connectivity index (χ3n) is 5.08. The molecular weight excluding hydrogens is 370 g/mol. The molecule has 156 valence electrons. The van der Waals surface area contributed by atoms with Crippen molar-refractivity contribution in [2.24, 2.45) is 7.05 Å². The SMILES string of the molecule is CNCc1nc2c(c(=O)n(CCCCC(C)O)c(=O)n2C)n1Cc1ccccc1. The number of hydrogen-bond acceptors (Lipinski definition) is 5.